The Balaban J connectivity index is 2.08. The van der Waals surface area contributed by atoms with Crippen LogP contribution in [0.15, 0.2) is 24.3 Å². The molecule has 2 unspecified atom stereocenters. The highest BCUT2D eigenvalue weighted by molar-refractivity contribution is 7.18. The number of para-hydroxylation sites is 1. The van der Waals surface area contributed by atoms with E-state index in [9.17, 15) is 14.7 Å². The highest BCUT2D eigenvalue weighted by atomic mass is 31.0. The van der Waals surface area contributed by atoms with Gasteiger partial charge in [0.1, 0.15) is 22.8 Å². The van der Waals surface area contributed by atoms with Crippen molar-refractivity contribution < 1.29 is 19.4 Å². The molecule has 1 aliphatic carbocycles. The lowest BCUT2D eigenvalue weighted by Gasteiger charge is -2.32. The zero-order valence-electron chi connectivity index (χ0n) is 14.3. The average Bonchev–Trinajstić information content (AvgIpc) is 2.50. The van der Waals surface area contributed by atoms with Crippen LogP contribution in [0.5, 0.6) is 5.75 Å². The van der Waals surface area contributed by atoms with Crippen LogP contribution in [0.2, 0.25) is 0 Å². The molecule has 1 aliphatic rings. The SMILES string of the molecule is CC(=O)C(Cc1ccccc1O)C(=O)OC1(P)CCCCCCC1. The van der Waals surface area contributed by atoms with Gasteiger partial charge in [0.05, 0.1) is 0 Å². The molecule has 4 nitrogen and oxygen atoms in total. The highest BCUT2D eigenvalue weighted by Crippen LogP contribution is 2.36. The summed E-state index contributed by atoms with van der Waals surface area (Å²) in [7, 11) is 2.70. The van der Waals surface area contributed by atoms with Crippen LogP contribution in [0.1, 0.15) is 57.4 Å². The number of aromatic hydroxyl groups is 1. The Morgan fingerprint density at radius 2 is 1.75 bits per heavy atom. The van der Waals surface area contributed by atoms with Crippen molar-refractivity contribution >= 4 is 21.0 Å². The number of esters is 1. The molecule has 0 bridgehead atoms. The first-order valence-electron chi connectivity index (χ1n) is 8.70. The van der Waals surface area contributed by atoms with Crippen molar-refractivity contribution in [2.75, 3.05) is 0 Å². The minimum atomic E-state index is -0.874. The van der Waals surface area contributed by atoms with Crippen molar-refractivity contribution in [2.24, 2.45) is 5.92 Å². The van der Waals surface area contributed by atoms with Crippen LogP contribution in [0, 0.1) is 5.92 Å². The molecule has 1 aromatic rings. The van der Waals surface area contributed by atoms with Gasteiger partial charge in [-0.1, -0.05) is 46.7 Å². The fourth-order valence-corrected chi connectivity index (χ4v) is 3.70. The highest BCUT2D eigenvalue weighted by Gasteiger charge is 2.34. The largest absolute Gasteiger partial charge is 0.508 e. The second-order valence-electron chi connectivity index (χ2n) is 6.75. The normalized spacial score (nSPS) is 18.9. The summed E-state index contributed by atoms with van der Waals surface area (Å²) >= 11 is 0. The molecule has 1 N–H and O–H groups in total. The molecular weight excluding hydrogens is 323 g/mol. The van der Waals surface area contributed by atoms with Crippen LogP contribution in [-0.2, 0) is 20.7 Å². The van der Waals surface area contributed by atoms with Crippen LogP contribution in [0.25, 0.3) is 0 Å². The van der Waals surface area contributed by atoms with Crippen LogP contribution < -0.4 is 0 Å². The quantitative estimate of drug-likeness (QED) is 0.495. The van der Waals surface area contributed by atoms with Gasteiger partial charge in [-0.3, -0.25) is 9.59 Å². The van der Waals surface area contributed by atoms with Gasteiger partial charge in [-0.15, -0.1) is 0 Å². The van der Waals surface area contributed by atoms with E-state index in [4.69, 9.17) is 4.74 Å². The Morgan fingerprint density at radius 1 is 1.17 bits per heavy atom. The number of hydrogen-bond acceptors (Lipinski definition) is 4. The molecule has 1 aromatic carbocycles. The van der Waals surface area contributed by atoms with Gasteiger partial charge in [-0.05, 0) is 50.7 Å². The molecule has 0 spiro atoms. The molecule has 24 heavy (non-hydrogen) atoms. The van der Waals surface area contributed by atoms with Gasteiger partial charge in [0.2, 0.25) is 0 Å². The topological polar surface area (TPSA) is 63.6 Å². The van der Waals surface area contributed by atoms with Crippen molar-refractivity contribution in [1.82, 2.24) is 0 Å². The molecule has 2 rings (SSSR count). The molecule has 2 atom stereocenters. The summed E-state index contributed by atoms with van der Waals surface area (Å²) in [5.41, 5.74) is 0.588. The Bertz CT molecular complexity index is 576. The molecule has 132 valence electrons. The zero-order chi connectivity index (χ0) is 17.6. The first-order chi connectivity index (χ1) is 11.4. The molecule has 0 heterocycles. The van der Waals surface area contributed by atoms with Gasteiger partial charge >= 0.3 is 5.97 Å². The molecule has 0 aromatic heterocycles. The summed E-state index contributed by atoms with van der Waals surface area (Å²) in [6.07, 6.45) is 7.39. The summed E-state index contributed by atoms with van der Waals surface area (Å²) in [4.78, 5) is 24.6. The summed E-state index contributed by atoms with van der Waals surface area (Å²) in [6, 6.07) is 6.78. The maximum absolute atomic E-state index is 12.6. The van der Waals surface area contributed by atoms with E-state index in [1.165, 1.54) is 13.3 Å². The Labute approximate surface area is 146 Å². The molecule has 1 fully saturated rings. The number of carbonyl (C=O) groups excluding carboxylic acids is 2. The minimum absolute atomic E-state index is 0.100. The number of hydrogen-bond donors (Lipinski definition) is 1. The third-order valence-electron chi connectivity index (χ3n) is 4.69. The van der Waals surface area contributed by atoms with Crippen LogP contribution in [-0.4, -0.2) is 22.2 Å². The third kappa shape index (κ3) is 5.31. The second kappa shape index (κ2) is 8.62. The molecule has 0 saturated heterocycles. The van der Waals surface area contributed by atoms with Gasteiger partial charge in [0.15, 0.2) is 0 Å². The van der Waals surface area contributed by atoms with Crippen molar-refractivity contribution in [3.05, 3.63) is 29.8 Å². The summed E-state index contributed by atoms with van der Waals surface area (Å²) in [5, 5.41) is 9.33. The lowest BCUT2D eigenvalue weighted by Crippen LogP contribution is -2.35. The number of phenols is 1. The molecule has 0 aliphatic heterocycles. The Morgan fingerprint density at radius 3 is 2.33 bits per heavy atom. The monoisotopic (exact) mass is 350 g/mol. The standard InChI is InChI=1S/C19H27O4P/c1-14(20)16(13-15-9-5-6-10-17(15)21)18(22)23-19(24)11-7-3-2-4-8-12-19/h5-6,9-10,16,21H,2-4,7-8,11-13,24H2,1H3. The van der Waals surface area contributed by atoms with E-state index >= 15 is 0 Å². The lowest BCUT2D eigenvalue weighted by atomic mass is 9.94. The number of ketones is 1. The van der Waals surface area contributed by atoms with E-state index in [2.05, 4.69) is 9.24 Å². The van der Waals surface area contributed by atoms with Crippen LogP contribution >= 0.6 is 9.24 Å². The molecule has 0 amide bonds. The van der Waals surface area contributed by atoms with Crippen LogP contribution in [0.4, 0.5) is 0 Å². The Kier molecular flexibility index (Phi) is 6.79. The summed E-state index contributed by atoms with van der Waals surface area (Å²) in [5.74, 6) is -1.49. The van der Waals surface area contributed by atoms with Crippen molar-refractivity contribution in [3.63, 3.8) is 0 Å². The maximum Gasteiger partial charge on any atom is 0.317 e. The van der Waals surface area contributed by atoms with Crippen LogP contribution in [0.3, 0.4) is 0 Å². The van der Waals surface area contributed by atoms with Gasteiger partial charge in [-0.2, -0.15) is 0 Å². The molecular formula is C19H27O4P. The summed E-state index contributed by atoms with van der Waals surface area (Å²) in [6.45, 7) is 1.40. The molecule has 1 saturated carbocycles. The fourth-order valence-electron chi connectivity index (χ4n) is 3.17. The van der Waals surface area contributed by atoms with E-state index in [0.29, 0.717) is 5.56 Å². The van der Waals surface area contributed by atoms with Crippen molar-refractivity contribution in [1.29, 1.82) is 0 Å². The van der Waals surface area contributed by atoms with Gasteiger partial charge < -0.3 is 9.84 Å². The predicted molar refractivity (Wildman–Crippen MR) is 96.8 cm³/mol. The number of benzene rings is 1. The smallest absolute Gasteiger partial charge is 0.317 e. The van der Waals surface area contributed by atoms with Gasteiger partial charge in [0.25, 0.3) is 0 Å². The maximum atomic E-state index is 12.6. The summed E-state index contributed by atoms with van der Waals surface area (Å²) < 4.78 is 5.77. The van der Waals surface area contributed by atoms with E-state index in [0.717, 1.165) is 38.5 Å². The Hall–Kier alpha value is -1.41. The number of carbonyl (C=O) groups is 2. The zero-order valence-corrected chi connectivity index (χ0v) is 15.4. The lowest BCUT2D eigenvalue weighted by molar-refractivity contribution is -0.160. The third-order valence-corrected chi connectivity index (χ3v) is 5.39. The number of ether oxygens (including phenoxy) is 1. The predicted octanol–water partition coefficient (Wildman–Crippen LogP) is 4.00. The van der Waals surface area contributed by atoms with E-state index < -0.39 is 17.2 Å². The van der Waals surface area contributed by atoms with E-state index in [1.807, 2.05) is 0 Å². The number of phenolic OH excluding ortho intramolecular Hbond substituents is 1. The fraction of sp³-hybridized carbons (Fsp3) is 0.579. The van der Waals surface area contributed by atoms with Gasteiger partial charge in [0, 0.05) is 0 Å². The second-order valence-corrected chi connectivity index (χ2v) is 7.80. The van der Waals surface area contributed by atoms with Crippen molar-refractivity contribution in [3.8, 4) is 5.75 Å². The number of rotatable bonds is 5. The van der Waals surface area contributed by atoms with Crippen molar-refractivity contribution in [2.45, 2.75) is 63.6 Å². The van der Waals surface area contributed by atoms with E-state index in [-0.39, 0.29) is 18.0 Å². The first-order valence-corrected chi connectivity index (χ1v) is 9.28. The molecule has 5 heteroatoms. The average molecular weight is 350 g/mol. The minimum Gasteiger partial charge on any atom is -0.508 e. The van der Waals surface area contributed by atoms with Gasteiger partial charge in [-0.25, -0.2) is 0 Å². The first kappa shape index (κ1) is 18.9. The number of Topliss-reactive ketones (excluding diaryl/α,β-unsaturated/α-hetero) is 1. The van der Waals surface area contributed by atoms with E-state index in [1.54, 1.807) is 24.3 Å². The molecule has 0 radical (unpaired) electrons.